The Morgan fingerprint density at radius 1 is 1.19 bits per heavy atom. The molecule has 10 nitrogen and oxygen atoms in total. The number of anilines is 1. The lowest BCUT2D eigenvalue weighted by molar-refractivity contribution is -0.134. The Morgan fingerprint density at radius 2 is 1.97 bits per heavy atom. The molecule has 3 atom stereocenters. The van der Waals surface area contributed by atoms with E-state index in [0.29, 0.717) is 30.1 Å². The first-order chi connectivity index (χ1) is 17.7. The van der Waals surface area contributed by atoms with Crippen molar-refractivity contribution in [2.24, 2.45) is 5.92 Å². The minimum atomic E-state index is -0.323. The van der Waals surface area contributed by atoms with Crippen LogP contribution in [0.2, 0.25) is 0 Å². The van der Waals surface area contributed by atoms with Crippen LogP contribution in [0.1, 0.15) is 29.8 Å². The van der Waals surface area contributed by atoms with E-state index in [2.05, 4.69) is 10.3 Å². The number of rotatable bonds is 6. The second-order valence-corrected chi connectivity index (χ2v) is 9.37. The van der Waals surface area contributed by atoms with Crippen LogP contribution in [0.4, 0.5) is 5.69 Å². The molecule has 1 aliphatic heterocycles. The summed E-state index contributed by atoms with van der Waals surface area (Å²) in [6.07, 6.45) is 3.29. The van der Waals surface area contributed by atoms with Gasteiger partial charge in [-0.05, 0) is 30.7 Å². The maximum Gasteiger partial charge on any atom is 0.257 e. The van der Waals surface area contributed by atoms with Gasteiger partial charge in [0, 0.05) is 64.4 Å². The van der Waals surface area contributed by atoms with Crippen LogP contribution in [0.25, 0.3) is 0 Å². The number of fused-ring (bicyclic) bond motifs is 1. The molecule has 10 heteroatoms. The van der Waals surface area contributed by atoms with Gasteiger partial charge in [-0.15, -0.1) is 0 Å². The molecule has 37 heavy (non-hydrogen) atoms. The number of hydrogen-bond donors (Lipinski definition) is 1. The molecule has 0 fully saturated rings. The monoisotopic (exact) mass is 512 g/mol. The molecule has 1 aromatic carbocycles. The van der Waals surface area contributed by atoms with Crippen molar-refractivity contribution in [2.45, 2.75) is 32.4 Å². The van der Waals surface area contributed by atoms with Gasteiger partial charge in [0.05, 0.1) is 24.1 Å². The van der Waals surface area contributed by atoms with E-state index in [0.717, 1.165) is 5.56 Å². The van der Waals surface area contributed by atoms with Gasteiger partial charge in [0.2, 0.25) is 11.8 Å². The summed E-state index contributed by atoms with van der Waals surface area (Å²) in [5, 5.41) is 2.73. The van der Waals surface area contributed by atoms with Crippen molar-refractivity contribution in [1.29, 1.82) is 0 Å². The van der Waals surface area contributed by atoms with E-state index in [4.69, 9.17) is 14.2 Å². The Labute approximate surface area is 217 Å². The molecule has 1 aromatic heterocycles. The standard InChI is InChI=1S/C27H36N4O6/c1-18-14-31(26(33)11-20-7-6-10-28-13-20)19(2)16-37-23-12-21(29-25(32)17-35-4)8-9-22(23)27(34)30(3)15-24(18)36-5/h6-10,12-13,18-19,24H,11,14-17H2,1-5H3,(H,29,32)/t18-,19-,24-/m0/s1. The van der Waals surface area contributed by atoms with Crippen LogP contribution >= 0.6 is 0 Å². The number of ether oxygens (including phenoxy) is 3. The number of carbonyl (C=O) groups excluding carboxylic acids is 3. The maximum absolute atomic E-state index is 13.4. The second-order valence-electron chi connectivity index (χ2n) is 9.37. The Kier molecular flexibility index (Phi) is 9.99. The van der Waals surface area contributed by atoms with Crippen LogP contribution in [0.5, 0.6) is 5.75 Å². The highest BCUT2D eigenvalue weighted by molar-refractivity contribution is 5.98. The van der Waals surface area contributed by atoms with E-state index in [9.17, 15) is 14.4 Å². The SMILES string of the molecule is COCC(=O)Nc1ccc2c(c1)OC[C@H](C)N(C(=O)Cc1cccnc1)C[C@H](C)[C@@H](OC)CN(C)C2=O. The molecule has 1 aliphatic rings. The molecule has 0 saturated carbocycles. The zero-order valence-corrected chi connectivity index (χ0v) is 22.1. The third kappa shape index (κ3) is 7.50. The van der Waals surface area contributed by atoms with Gasteiger partial charge in [0.25, 0.3) is 5.91 Å². The fourth-order valence-corrected chi connectivity index (χ4v) is 4.30. The number of nitrogens with one attached hydrogen (secondary N) is 1. The zero-order valence-electron chi connectivity index (χ0n) is 22.1. The van der Waals surface area contributed by atoms with Crippen LogP contribution in [0, 0.1) is 5.92 Å². The van der Waals surface area contributed by atoms with E-state index < -0.39 is 0 Å². The molecule has 0 spiro atoms. The maximum atomic E-state index is 13.4. The van der Waals surface area contributed by atoms with Crippen molar-refractivity contribution >= 4 is 23.4 Å². The lowest BCUT2D eigenvalue weighted by Gasteiger charge is -2.36. The topological polar surface area (TPSA) is 110 Å². The van der Waals surface area contributed by atoms with Crippen molar-refractivity contribution in [2.75, 3.05) is 52.9 Å². The summed E-state index contributed by atoms with van der Waals surface area (Å²) in [4.78, 5) is 46.3. The van der Waals surface area contributed by atoms with E-state index >= 15 is 0 Å². The molecule has 0 unspecified atom stereocenters. The number of likely N-dealkylation sites (N-methyl/N-ethyl adjacent to an activating group) is 1. The first-order valence-corrected chi connectivity index (χ1v) is 12.3. The fraction of sp³-hybridized carbons (Fsp3) is 0.481. The number of nitrogens with zero attached hydrogens (tertiary/aromatic N) is 3. The second kappa shape index (κ2) is 13.2. The summed E-state index contributed by atoms with van der Waals surface area (Å²) < 4.78 is 16.7. The normalized spacial score (nSPS) is 20.8. The predicted octanol–water partition coefficient (Wildman–Crippen LogP) is 2.24. The van der Waals surface area contributed by atoms with Gasteiger partial charge in [-0.2, -0.15) is 0 Å². The Morgan fingerprint density at radius 3 is 2.65 bits per heavy atom. The summed E-state index contributed by atoms with van der Waals surface area (Å²) >= 11 is 0. The van der Waals surface area contributed by atoms with E-state index in [1.807, 2.05) is 26.0 Å². The number of hydrogen-bond acceptors (Lipinski definition) is 7. The first kappa shape index (κ1) is 28.1. The molecule has 1 N–H and O–H groups in total. The van der Waals surface area contributed by atoms with Crippen molar-refractivity contribution in [3.63, 3.8) is 0 Å². The van der Waals surface area contributed by atoms with Gasteiger partial charge in [-0.3, -0.25) is 19.4 Å². The number of pyridine rings is 1. The highest BCUT2D eigenvalue weighted by Crippen LogP contribution is 2.27. The smallest absolute Gasteiger partial charge is 0.257 e. The highest BCUT2D eigenvalue weighted by atomic mass is 16.5. The van der Waals surface area contributed by atoms with Gasteiger partial charge in [0.15, 0.2) is 0 Å². The van der Waals surface area contributed by atoms with Crippen LogP contribution in [0.3, 0.4) is 0 Å². The fourth-order valence-electron chi connectivity index (χ4n) is 4.30. The average molecular weight is 513 g/mol. The van der Waals surface area contributed by atoms with Crippen LogP contribution < -0.4 is 10.1 Å². The van der Waals surface area contributed by atoms with Crippen molar-refractivity contribution in [3.8, 4) is 5.75 Å². The number of benzene rings is 1. The molecule has 0 saturated heterocycles. The third-order valence-electron chi connectivity index (χ3n) is 6.40. The molecule has 0 aliphatic carbocycles. The zero-order chi connectivity index (χ0) is 26.9. The molecule has 200 valence electrons. The van der Waals surface area contributed by atoms with Crippen LogP contribution in [-0.2, 0) is 25.5 Å². The minimum Gasteiger partial charge on any atom is -0.491 e. The molecule has 3 amide bonds. The summed E-state index contributed by atoms with van der Waals surface area (Å²) in [5.74, 6) is -0.319. The van der Waals surface area contributed by atoms with Crippen molar-refractivity contribution in [1.82, 2.24) is 14.8 Å². The Balaban J connectivity index is 1.93. The number of carbonyl (C=O) groups is 3. The molecular formula is C27H36N4O6. The number of amides is 3. The summed E-state index contributed by atoms with van der Waals surface area (Å²) in [6.45, 7) is 4.76. The Bertz CT molecular complexity index is 1080. The van der Waals surface area contributed by atoms with Gasteiger partial charge in [-0.1, -0.05) is 13.0 Å². The molecular weight excluding hydrogens is 476 g/mol. The number of aromatic nitrogens is 1. The van der Waals surface area contributed by atoms with Crippen LogP contribution in [0.15, 0.2) is 42.7 Å². The van der Waals surface area contributed by atoms with Gasteiger partial charge in [-0.25, -0.2) is 0 Å². The Hall–Kier alpha value is -3.50. The van der Waals surface area contributed by atoms with Crippen LogP contribution in [-0.4, -0.2) is 92.2 Å². The van der Waals surface area contributed by atoms with Gasteiger partial charge in [0.1, 0.15) is 19.0 Å². The minimum absolute atomic E-state index is 0.0437. The average Bonchev–Trinajstić information content (AvgIpc) is 2.88. The van der Waals surface area contributed by atoms with Crippen molar-refractivity contribution < 1.29 is 28.6 Å². The summed E-state index contributed by atoms with van der Waals surface area (Å²) in [5.41, 5.74) is 1.66. The number of methoxy groups -OCH3 is 2. The molecule has 2 heterocycles. The van der Waals surface area contributed by atoms with Gasteiger partial charge < -0.3 is 29.3 Å². The quantitative estimate of drug-likeness (QED) is 0.632. The van der Waals surface area contributed by atoms with E-state index in [-0.39, 0.29) is 55.4 Å². The highest BCUT2D eigenvalue weighted by Gasteiger charge is 2.30. The van der Waals surface area contributed by atoms with Gasteiger partial charge >= 0.3 is 0 Å². The van der Waals surface area contributed by atoms with E-state index in [1.165, 1.54) is 7.11 Å². The third-order valence-corrected chi connectivity index (χ3v) is 6.40. The largest absolute Gasteiger partial charge is 0.491 e. The molecule has 3 rings (SSSR count). The summed E-state index contributed by atoms with van der Waals surface area (Å²) in [7, 11) is 4.76. The first-order valence-electron chi connectivity index (χ1n) is 12.3. The molecule has 0 bridgehead atoms. The predicted molar refractivity (Wildman–Crippen MR) is 138 cm³/mol. The van der Waals surface area contributed by atoms with E-state index in [1.54, 1.807) is 54.6 Å². The molecule has 0 radical (unpaired) electrons. The lowest BCUT2D eigenvalue weighted by Crippen LogP contribution is -2.49. The van der Waals surface area contributed by atoms with Crippen molar-refractivity contribution in [3.05, 3.63) is 53.9 Å². The lowest BCUT2D eigenvalue weighted by atomic mass is 10.0. The summed E-state index contributed by atoms with van der Waals surface area (Å²) in [6, 6.07) is 8.28. The molecule has 2 aromatic rings.